The normalized spacial score (nSPS) is 11.4. The first-order chi connectivity index (χ1) is 62.7. The summed E-state index contributed by atoms with van der Waals surface area (Å²) in [6, 6.07) is 32.0. The summed E-state index contributed by atoms with van der Waals surface area (Å²) in [7, 11) is -18.0. The Morgan fingerprint density at radius 2 is 0.466 bits per heavy atom. The van der Waals surface area contributed by atoms with Crippen LogP contribution in [0.2, 0.25) is 0 Å². The lowest BCUT2D eigenvalue weighted by Gasteiger charge is -2.13. The maximum absolute atomic E-state index is 12.4. The van der Waals surface area contributed by atoms with Gasteiger partial charge in [0, 0.05) is 44.3 Å². The number of hydrogen-bond acceptors (Lipinski definition) is 32. The second kappa shape index (κ2) is 74.7. The first kappa shape index (κ1) is 128. The number of sulfone groups is 4. The van der Waals surface area contributed by atoms with Crippen LogP contribution in [-0.2, 0) is 146 Å². The molecule has 0 saturated heterocycles. The molecule has 0 atom stereocenters. The molecular weight excluding hydrogens is 2030 g/mol. The molecule has 5 aromatic rings. The summed E-state index contributed by atoms with van der Waals surface area (Å²) >= 11 is 20.5. The molecule has 0 aliphatic heterocycles. The quantitative estimate of drug-likeness (QED) is 0.00663. The standard InChI is InChI=1S/2C30H38O11S2.C16H26O7.C7H7IO2S.C6H15N.2CH2Cl2/c2*1-23-5-9-27(10-6-23)42(33,34)21-25(3)29(31)40-19-17-38-15-13-37-14-16-39-18-20-41-30(32)26(4)22-43(35,36)28-11-7-24(2)8-12-28;1-13(2)15(17)22-11-9-20-7-5-19-6-8-21-10-12-23-16(18)14(3)4;1-6-2-4-7(5-3-6)11(8,9)10;1-4-7(5-2)6-3;2*2-1-3/h5-12,21-22H,13-20H2,1-4H3;5-12H,3-4,13-22H2,1-2H3;1,3,5-12H2,2,4H3;2-5H,1H3;4-6H2,1-3H3;2*1H2/b25-21+,26-22+;;;;;;. The molecule has 0 amide bonds. The molecule has 42 heteroatoms. The van der Waals surface area contributed by atoms with E-state index in [9.17, 15) is 70.9 Å². The fourth-order valence-electron chi connectivity index (χ4n) is 9.22. The maximum Gasteiger partial charge on any atom is 0.334 e. The van der Waals surface area contributed by atoms with Gasteiger partial charge in [-0.1, -0.05) is 136 Å². The van der Waals surface area contributed by atoms with E-state index >= 15 is 0 Å². The van der Waals surface area contributed by atoms with Crippen molar-refractivity contribution in [2.45, 2.75) is 108 Å². The zero-order valence-electron chi connectivity index (χ0n) is 77.5. The fourth-order valence-corrected chi connectivity index (χ4v) is 15.6. The summed E-state index contributed by atoms with van der Waals surface area (Å²) in [5.41, 5.74) is 5.04. The molecule has 0 radical (unpaired) electrons. The van der Waals surface area contributed by atoms with Gasteiger partial charge in [-0.25, -0.2) is 70.9 Å². The van der Waals surface area contributed by atoms with Crippen molar-refractivity contribution in [3.05, 3.63) is 220 Å². The highest BCUT2D eigenvalue weighted by atomic mass is 127. The third-order valence-corrected chi connectivity index (χ3v) is 25.4. The monoisotopic (exact) mass is 2160 g/mol. The van der Waals surface area contributed by atoms with Crippen LogP contribution in [0, 0.1) is 34.6 Å². The predicted octanol–water partition coefficient (Wildman–Crippen LogP) is 13.9. The molecule has 0 fully saturated rings. The Kier molecular flexibility index (Phi) is 71.7. The number of carbonyl (C=O) groups is 6. The van der Waals surface area contributed by atoms with Crippen LogP contribution in [0.25, 0.3) is 0 Å². The molecule has 0 bridgehead atoms. The molecule has 32 nitrogen and oxygen atoms in total. The number of nitrogens with zero attached hydrogens (tertiary/aromatic N) is 1. The van der Waals surface area contributed by atoms with Crippen LogP contribution in [0.5, 0.6) is 0 Å². The van der Waals surface area contributed by atoms with Gasteiger partial charge in [-0.05, 0) is 143 Å². The minimum Gasteiger partial charge on any atom is -0.460 e. The van der Waals surface area contributed by atoms with Gasteiger partial charge in [-0.3, -0.25) is 0 Å². The number of alkyl halides is 4. The fraction of sp³-hybridized carbons (Fsp3) is 0.473. The molecule has 5 aromatic carbocycles. The van der Waals surface area contributed by atoms with Gasteiger partial charge >= 0.3 is 35.8 Å². The van der Waals surface area contributed by atoms with Crippen LogP contribution >= 0.6 is 67.6 Å². The van der Waals surface area contributed by atoms with Crippen molar-refractivity contribution >= 4 is 150 Å². The molecule has 0 unspecified atom stereocenters. The summed E-state index contributed by atoms with van der Waals surface area (Å²) in [5.74, 6) is -5.05. The van der Waals surface area contributed by atoms with E-state index in [-0.39, 0.29) is 171 Å². The van der Waals surface area contributed by atoms with Crippen LogP contribution in [0.4, 0.5) is 0 Å². The Morgan fingerprint density at radius 1 is 0.293 bits per heavy atom. The van der Waals surface area contributed by atoms with Crippen LogP contribution in [0.3, 0.4) is 0 Å². The zero-order valence-corrected chi connectivity index (χ0v) is 86.7. The van der Waals surface area contributed by atoms with Gasteiger partial charge < -0.3 is 76.0 Å². The van der Waals surface area contributed by atoms with Gasteiger partial charge in [0.15, 0.2) is 39.3 Å². The van der Waals surface area contributed by atoms with Crippen molar-refractivity contribution in [3.8, 4) is 0 Å². The third kappa shape index (κ3) is 64.3. The van der Waals surface area contributed by atoms with Gasteiger partial charge in [-0.2, -0.15) is 0 Å². The van der Waals surface area contributed by atoms with Gasteiger partial charge in [-0.15, -0.1) is 46.4 Å². The molecule has 0 heterocycles. The Bertz CT molecular complexity index is 4660. The largest absolute Gasteiger partial charge is 0.460 e. The van der Waals surface area contributed by atoms with Crippen LogP contribution in [-0.4, -0.2) is 283 Å². The second-order valence-electron chi connectivity index (χ2n) is 27.6. The van der Waals surface area contributed by atoms with E-state index in [0.29, 0.717) is 55.7 Å². The van der Waals surface area contributed by atoms with Gasteiger partial charge in [0.1, 0.15) is 39.6 Å². The summed E-state index contributed by atoms with van der Waals surface area (Å²) in [6.07, 6.45) is 0. The number of esters is 6. The number of rotatable bonds is 56. The van der Waals surface area contributed by atoms with E-state index in [4.69, 9.17) is 117 Å². The number of aryl methyl sites for hydroxylation is 5. The van der Waals surface area contributed by atoms with E-state index < -0.39 is 93.7 Å². The molecule has 748 valence electrons. The van der Waals surface area contributed by atoms with E-state index in [1.165, 1.54) is 103 Å². The first-order valence-electron chi connectivity index (χ1n) is 41.2. The molecular formula is C91H128Cl4INO31S5. The summed E-state index contributed by atoms with van der Waals surface area (Å²) in [5, 5.41) is 2.17. The van der Waals surface area contributed by atoms with E-state index in [1.54, 1.807) is 86.6 Å². The topological polar surface area (TPSA) is 415 Å². The molecule has 0 aliphatic carbocycles. The Labute approximate surface area is 817 Å². The number of ether oxygens (including phenoxy) is 15. The van der Waals surface area contributed by atoms with E-state index in [1.807, 2.05) is 34.6 Å². The lowest BCUT2D eigenvalue weighted by atomic mass is 10.2. The SMILES string of the molecule is C/C(=C\S(=O)(=O)c1ccc(C)cc1)C(=O)OCCOCCOCCOCCOC(=O)/C(C)=C/S(=O)(=O)c1ccc(C)cc1.C=C(C)C(=O)OCCOCCOCCOCCOC(=O)C(=C)C.C=C(CS(=O)(=O)c1ccc(C)cc1)C(=O)OCCOCCOCCOCCOC(=O)C(=C)CS(=O)(=O)c1ccc(C)cc1.CCN(CC)CC.Cc1ccc(S(=O)(=O)I)cc1.ClCCl.ClCCl. The number of hydrogen-bond donors (Lipinski definition) is 0. The lowest BCUT2D eigenvalue weighted by Crippen LogP contribution is -2.21. The van der Waals surface area contributed by atoms with Crippen molar-refractivity contribution in [2.75, 3.05) is 200 Å². The Morgan fingerprint density at radius 3 is 0.647 bits per heavy atom. The lowest BCUT2D eigenvalue weighted by molar-refractivity contribution is -0.141. The van der Waals surface area contributed by atoms with Gasteiger partial charge in [0.2, 0.25) is 7.01 Å². The van der Waals surface area contributed by atoms with Crippen molar-refractivity contribution < 1.29 is 142 Å². The number of halogens is 5. The average Bonchev–Trinajstić information content (AvgIpc) is 0.844. The molecule has 0 N–H and O–H groups in total. The van der Waals surface area contributed by atoms with E-state index in [0.717, 1.165) is 38.6 Å². The molecule has 0 spiro atoms. The molecule has 133 heavy (non-hydrogen) atoms. The Hall–Kier alpha value is -7.40. The Balaban J connectivity index is 0. The van der Waals surface area contributed by atoms with E-state index in [2.05, 4.69) is 52.0 Å². The van der Waals surface area contributed by atoms with Crippen molar-refractivity contribution in [3.63, 3.8) is 0 Å². The smallest absolute Gasteiger partial charge is 0.334 e. The summed E-state index contributed by atoms with van der Waals surface area (Å²) in [4.78, 5) is 73.5. The highest BCUT2D eigenvalue weighted by molar-refractivity contribution is 14.2. The highest BCUT2D eigenvalue weighted by Crippen LogP contribution is 2.21. The van der Waals surface area contributed by atoms with Crippen molar-refractivity contribution in [2.24, 2.45) is 0 Å². The zero-order chi connectivity index (χ0) is 101. The first-order valence-corrected chi connectivity index (χ1v) is 53.8. The highest BCUT2D eigenvalue weighted by Gasteiger charge is 2.24. The molecule has 0 saturated carbocycles. The molecule has 0 aliphatic rings. The summed E-state index contributed by atoms with van der Waals surface area (Å²) < 4.78 is 199. The predicted molar refractivity (Wildman–Crippen MR) is 521 cm³/mol. The van der Waals surface area contributed by atoms with Gasteiger partial charge in [0.25, 0.3) is 0 Å². The maximum atomic E-state index is 12.4. The van der Waals surface area contributed by atoms with Gasteiger partial charge in [0.05, 0.1) is 187 Å². The third-order valence-electron chi connectivity index (χ3n) is 16.4. The molecule has 0 aromatic heterocycles. The van der Waals surface area contributed by atoms with Crippen molar-refractivity contribution in [1.82, 2.24) is 4.90 Å². The number of carbonyl (C=O) groups excluding carboxylic acids is 6. The second-order valence-corrected chi connectivity index (χ2v) is 41.6. The van der Waals surface area contributed by atoms with Crippen LogP contribution in [0.15, 0.2) is 216 Å². The van der Waals surface area contributed by atoms with Crippen LogP contribution in [0.1, 0.15) is 76.3 Å². The summed E-state index contributed by atoms with van der Waals surface area (Å²) in [6.45, 7) is 44.1. The van der Waals surface area contributed by atoms with Crippen molar-refractivity contribution in [1.29, 1.82) is 0 Å². The molecule has 5 rings (SSSR count). The number of benzene rings is 5. The average molecular weight is 2160 g/mol. The van der Waals surface area contributed by atoms with Crippen LogP contribution < -0.4 is 0 Å². The minimum atomic E-state index is -3.77. The minimum absolute atomic E-state index is 0.0451.